The van der Waals surface area contributed by atoms with Gasteiger partial charge in [0.15, 0.2) is 4.96 Å². The Morgan fingerprint density at radius 1 is 1.20 bits per heavy atom. The largest absolute Gasteiger partial charge is 0.496 e. The molecule has 1 aromatic carbocycles. The van der Waals surface area contributed by atoms with E-state index < -0.39 is 0 Å². The first-order chi connectivity index (χ1) is 17.0. The molecule has 0 unspecified atom stereocenters. The number of imidazole rings is 1. The van der Waals surface area contributed by atoms with Crippen molar-refractivity contribution in [3.63, 3.8) is 0 Å². The fourth-order valence-electron chi connectivity index (χ4n) is 4.66. The molecule has 5 rings (SSSR count). The molecule has 2 amide bonds. The SMILES string of the molecule is COc1ccccc1-c1sc(C)nc1C(=O)N1CCCC[C@H]1CNC(=O)c1c(C)nc2sccn12. The molecular formula is C25H27N5O3S2. The molecule has 1 N–H and O–H groups in total. The van der Waals surface area contributed by atoms with E-state index in [1.807, 2.05) is 59.0 Å². The number of rotatable bonds is 6. The summed E-state index contributed by atoms with van der Waals surface area (Å²) < 4.78 is 7.36. The van der Waals surface area contributed by atoms with E-state index in [1.54, 1.807) is 7.11 Å². The number of benzene rings is 1. The monoisotopic (exact) mass is 509 g/mol. The number of aryl methyl sites for hydroxylation is 2. The van der Waals surface area contributed by atoms with Crippen molar-refractivity contribution in [2.24, 2.45) is 0 Å². The number of nitrogens with one attached hydrogen (secondary N) is 1. The van der Waals surface area contributed by atoms with Gasteiger partial charge in [-0.05, 0) is 45.2 Å². The number of ether oxygens (including phenoxy) is 1. The van der Waals surface area contributed by atoms with Crippen molar-refractivity contribution < 1.29 is 14.3 Å². The number of piperidine rings is 1. The molecule has 4 aromatic rings. The minimum Gasteiger partial charge on any atom is -0.496 e. The van der Waals surface area contributed by atoms with E-state index >= 15 is 0 Å². The fourth-order valence-corrected chi connectivity index (χ4v) is 6.36. The first-order valence-electron chi connectivity index (χ1n) is 11.6. The average molecular weight is 510 g/mol. The predicted octanol–water partition coefficient (Wildman–Crippen LogP) is 4.57. The number of para-hydroxylation sites is 1. The lowest BCUT2D eigenvalue weighted by atomic mass is 10.0. The zero-order valence-electron chi connectivity index (χ0n) is 19.9. The van der Waals surface area contributed by atoms with E-state index in [9.17, 15) is 9.59 Å². The lowest BCUT2D eigenvalue weighted by Crippen LogP contribution is -2.49. The second-order valence-corrected chi connectivity index (χ2v) is 10.6. The molecule has 1 atom stereocenters. The Kier molecular flexibility index (Phi) is 6.57. The third kappa shape index (κ3) is 4.43. The van der Waals surface area contributed by atoms with Crippen LogP contribution in [0, 0.1) is 13.8 Å². The first-order valence-corrected chi connectivity index (χ1v) is 13.3. The quantitative estimate of drug-likeness (QED) is 0.411. The standard InChI is InChI=1S/C25H27N5O3S2/c1-15-21(30-12-13-34-25(30)27-15)23(31)26-14-17-8-6-7-11-29(17)24(32)20-22(35-16(2)28-20)18-9-4-5-10-19(18)33-3/h4-5,9-10,12-13,17H,6-8,11,14H2,1-3H3,(H,26,31)/t17-/m0/s1. The van der Waals surface area contributed by atoms with Crippen LogP contribution in [0.25, 0.3) is 15.4 Å². The molecule has 1 fully saturated rings. The van der Waals surface area contributed by atoms with Gasteiger partial charge in [-0.25, -0.2) is 9.97 Å². The summed E-state index contributed by atoms with van der Waals surface area (Å²) in [5.41, 5.74) is 2.55. The van der Waals surface area contributed by atoms with Gasteiger partial charge in [0.05, 0.1) is 22.7 Å². The Labute approximate surface area is 211 Å². The fraction of sp³-hybridized carbons (Fsp3) is 0.360. The molecule has 0 aliphatic carbocycles. The highest BCUT2D eigenvalue weighted by Gasteiger charge is 2.32. The number of hydrogen-bond acceptors (Lipinski definition) is 7. The summed E-state index contributed by atoms with van der Waals surface area (Å²) in [4.78, 5) is 39.4. The van der Waals surface area contributed by atoms with Gasteiger partial charge in [0.2, 0.25) is 0 Å². The lowest BCUT2D eigenvalue weighted by Gasteiger charge is -2.35. The number of carbonyl (C=O) groups excluding carboxylic acids is 2. The molecule has 1 saturated heterocycles. The summed E-state index contributed by atoms with van der Waals surface area (Å²) in [6.07, 6.45) is 4.63. The Hall–Kier alpha value is -3.24. The van der Waals surface area contributed by atoms with Crippen LogP contribution in [-0.2, 0) is 0 Å². The normalized spacial score (nSPS) is 16.0. The van der Waals surface area contributed by atoms with Crippen LogP contribution in [0.1, 0.15) is 50.9 Å². The van der Waals surface area contributed by atoms with E-state index in [0.29, 0.717) is 35.9 Å². The van der Waals surface area contributed by atoms with Crippen LogP contribution in [0.4, 0.5) is 0 Å². The Morgan fingerprint density at radius 3 is 2.86 bits per heavy atom. The summed E-state index contributed by atoms with van der Waals surface area (Å²) in [7, 11) is 1.63. The molecule has 0 bridgehead atoms. The van der Waals surface area contributed by atoms with Crippen LogP contribution >= 0.6 is 22.7 Å². The van der Waals surface area contributed by atoms with Gasteiger partial charge in [0.25, 0.3) is 11.8 Å². The van der Waals surface area contributed by atoms with E-state index in [-0.39, 0.29) is 17.9 Å². The number of nitrogens with zero attached hydrogens (tertiary/aromatic N) is 4. The van der Waals surface area contributed by atoms with Crippen LogP contribution in [0.2, 0.25) is 0 Å². The third-order valence-electron chi connectivity index (χ3n) is 6.33. The molecule has 0 radical (unpaired) electrons. The molecule has 10 heteroatoms. The summed E-state index contributed by atoms with van der Waals surface area (Å²) >= 11 is 2.99. The zero-order chi connectivity index (χ0) is 24.5. The Morgan fingerprint density at radius 2 is 2.03 bits per heavy atom. The first kappa shape index (κ1) is 23.5. The number of aromatic nitrogens is 3. The van der Waals surface area contributed by atoms with Crippen LogP contribution in [0.15, 0.2) is 35.8 Å². The van der Waals surface area contributed by atoms with Crippen molar-refractivity contribution >= 4 is 39.4 Å². The second kappa shape index (κ2) is 9.79. The molecule has 1 aliphatic heterocycles. The van der Waals surface area contributed by atoms with Gasteiger partial charge in [-0.3, -0.25) is 14.0 Å². The summed E-state index contributed by atoms with van der Waals surface area (Å²) in [6, 6.07) is 7.59. The number of carbonyl (C=O) groups is 2. The van der Waals surface area contributed by atoms with E-state index in [4.69, 9.17) is 4.74 Å². The van der Waals surface area contributed by atoms with Gasteiger partial charge in [-0.15, -0.1) is 22.7 Å². The van der Waals surface area contributed by atoms with Gasteiger partial charge >= 0.3 is 0 Å². The number of thiazole rings is 2. The van der Waals surface area contributed by atoms with Gasteiger partial charge < -0.3 is 15.0 Å². The summed E-state index contributed by atoms with van der Waals surface area (Å²) in [5, 5.41) is 5.79. The summed E-state index contributed by atoms with van der Waals surface area (Å²) in [5.74, 6) is 0.434. The van der Waals surface area contributed by atoms with Crippen molar-refractivity contribution in [1.29, 1.82) is 0 Å². The minimum atomic E-state index is -0.175. The highest BCUT2D eigenvalue weighted by molar-refractivity contribution is 7.15. The number of methoxy groups -OCH3 is 1. The minimum absolute atomic E-state index is 0.0982. The maximum absolute atomic E-state index is 13.8. The summed E-state index contributed by atoms with van der Waals surface area (Å²) in [6.45, 7) is 4.78. The van der Waals surface area contributed by atoms with Gasteiger partial charge in [-0.2, -0.15) is 0 Å². The highest BCUT2D eigenvalue weighted by Crippen LogP contribution is 2.37. The van der Waals surface area contributed by atoms with Crippen molar-refractivity contribution in [2.75, 3.05) is 20.2 Å². The number of fused-ring (bicyclic) bond motifs is 1. The van der Waals surface area contributed by atoms with E-state index in [0.717, 1.165) is 39.7 Å². The number of hydrogen-bond donors (Lipinski definition) is 1. The van der Waals surface area contributed by atoms with Crippen molar-refractivity contribution in [2.45, 2.75) is 39.2 Å². The zero-order valence-corrected chi connectivity index (χ0v) is 21.5. The Bertz CT molecular complexity index is 1390. The average Bonchev–Trinajstić information content (AvgIpc) is 3.56. The highest BCUT2D eigenvalue weighted by atomic mass is 32.1. The second-order valence-electron chi connectivity index (χ2n) is 8.57. The molecule has 8 nitrogen and oxygen atoms in total. The van der Waals surface area contributed by atoms with Crippen molar-refractivity contribution in [1.82, 2.24) is 24.6 Å². The Balaban J connectivity index is 1.38. The van der Waals surface area contributed by atoms with Crippen LogP contribution < -0.4 is 10.1 Å². The maximum Gasteiger partial charge on any atom is 0.274 e. The maximum atomic E-state index is 13.8. The topological polar surface area (TPSA) is 88.8 Å². The van der Waals surface area contributed by atoms with Gasteiger partial charge in [0.1, 0.15) is 17.1 Å². The molecule has 3 aromatic heterocycles. The van der Waals surface area contributed by atoms with Crippen LogP contribution in [0.5, 0.6) is 5.75 Å². The van der Waals surface area contributed by atoms with Crippen LogP contribution in [0.3, 0.4) is 0 Å². The molecule has 0 saturated carbocycles. The molecule has 1 aliphatic rings. The molecular weight excluding hydrogens is 482 g/mol. The number of likely N-dealkylation sites (tertiary alicyclic amines) is 1. The number of amides is 2. The van der Waals surface area contributed by atoms with Gasteiger partial charge in [0, 0.05) is 36.3 Å². The smallest absolute Gasteiger partial charge is 0.274 e. The predicted molar refractivity (Wildman–Crippen MR) is 138 cm³/mol. The van der Waals surface area contributed by atoms with Gasteiger partial charge in [-0.1, -0.05) is 12.1 Å². The third-order valence-corrected chi connectivity index (χ3v) is 8.09. The molecule has 4 heterocycles. The van der Waals surface area contributed by atoms with E-state index in [1.165, 1.54) is 22.7 Å². The van der Waals surface area contributed by atoms with E-state index in [2.05, 4.69) is 15.3 Å². The molecule has 0 spiro atoms. The lowest BCUT2D eigenvalue weighted by molar-refractivity contribution is 0.0597. The van der Waals surface area contributed by atoms with Crippen molar-refractivity contribution in [3.8, 4) is 16.2 Å². The van der Waals surface area contributed by atoms with Crippen LogP contribution in [-0.4, -0.2) is 57.3 Å². The molecule has 182 valence electrons. The molecule has 35 heavy (non-hydrogen) atoms. The van der Waals surface area contributed by atoms with Crippen molar-refractivity contribution in [3.05, 3.63) is 57.9 Å².